The molecule has 1 amide bonds. The van der Waals surface area contributed by atoms with Gasteiger partial charge >= 0.3 is 6.09 Å². The van der Waals surface area contributed by atoms with E-state index in [1.165, 1.54) is 28.4 Å². The number of carbonyl (C=O) groups is 1. The highest BCUT2D eigenvalue weighted by Gasteiger charge is 2.35. The SMILES string of the molecule is CC(C)(C)OC(=O)N1CC(c2ccc(C3CC3)c(Br)c2)C1. The van der Waals surface area contributed by atoms with Gasteiger partial charge in [-0.3, -0.25) is 0 Å². The van der Waals surface area contributed by atoms with Crippen molar-refractivity contribution in [2.45, 2.75) is 51.0 Å². The summed E-state index contributed by atoms with van der Waals surface area (Å²) in [5.74, 6) is 1.19. The summed E-state index contributed by atoms with van der Waals surface area (Å²) >= 11 is 3.69. The second-order valence-corrected chi connectivity index (χ2v) is 7.99. The summed E-state index contributed by atoms with van der Waals surface area (Å²) in [6, 6.07) is 6.69. The molecule has 3 rings (SSSR count). The average molecular weight is 352 g/mol. The van der Waals surface area contributed by atoms with Gasteiger partial charge in [0.1, 0.15) is 5.60 Å². The topological polar surface area (TPSA) is 29.5 Å². The van der Waals surface area contributed by atoms with Crippen LogP contribution in [0.3, 0.4) is 0 Å². The molecule has 3 nitrogen and oxygen atoms in total. The first-order valence-corrected chi connectivity index (χ1v) is 8.40. The largest absolute Gasteiger partial charge is 0.444 e. The van der Waals surface area contributed by atoms with Crippen LogP contribution < -0.4 is 0 Å². The van der Waals surface area contributed by atoms with E-state index in [2.05, 4.69) is 34.1 Å². The molecule has 0 aromatic heterocycles. The third-order valence-electron chi connectivity index (χ3n) is 4.05. The molecule has 21 heavy (non-hydrogen) atoms. The van der Waals surface area contributed by atoms with Crippen molar-refractivity contribution in [3.63, 3.8) is 0 Å². The van der Waals surface area contributed by atoms with Gasteiger partial charge in [-0.1, -0.05) is 28.1 Å². The maximum absolute atomic E-state index is 11.9. The second-order valence-electron chi connectivity index (χ2n) is 7.14. The lowest BCUT2D eigenvalue weighted by Crippen LogP contribution is -2.50. The fourth-order valence-corrected chi connectivity index (χ4v) is 3.41. The first-order valence-electron chi connectivity index (χ1n) is 7.61. The molecule has 2 fully saturated rings. The van der Waals surface area contributed by atoms with Crippen LogP contribution in [0.1, 0.15) is 56.6 Å². The Labute approximate surface area is 134 Å². The standard InChI is InChI=1S/C17H22BrNO2/c1-17(2,3)21-16(20)19-9-13(10-19)12-6-7-14(11-4-5-11)15(18)8-12/h6-8,11,13H,4-5,9-10H2,1-3H3. The Kier molecular flexibility index (Phi) is 3.76. The molecular weight excluding hydrogens is 330 g/mol. The van der Waals surface area contributed by atoms with Gasteiger partial charge in [-0.15, -0.1) is 0 Å². The van der Waals surface area contributed by atoms with Crippen molar-refractivity contribution >= 4 is 22.0 Å². The molecule has 1 aromatic rings. The molecule has 0 bridgehead atoms. The van der Waals surface area contributed by atoms with Crippen LogP contribution >= 0.6 is 15.9 Å². The molecule has 1 aliphatic heterocycles. The third kappa shape index (κ3) is 3.42. The predicted octanol–water partition coefficient (Wildman–Crippen LogP) is 4.66. The lowest BCUT2D eigenvalue weighted by molar-refractivity contribution is 0.00819. The Balaban J connectivity index is 1.58. The van der Waals surface area contributed by atoms with E-state index in [9.17, 15) is 4.79 Å². The zero-order valence-corrected chi connectivity index (χ0v) is 14.4. The molecule has 0 radical (unpaired) electrons. The van der Waals surface area contributed by atoms with Crippen LogP contribution in [0.15, 0.2) is 22.7 Å². The lowest BCUT2D eigenvalue weighted by Gasteiger charge is -2.40. The molecule has 1 saturated heterocycles. The maximum atomic E-state index is 11.9. The van der Waals surface area contributed by atoms with E-state index >= 15 is 0 Å². The number of hydrogen-bond acceptors (Lipinski definition) is 2. The van der Waals surface area contributed by atoms with Crippen LogP contribution in [0.25, 0.3) is 0 Å². The third-order valence-corrected chi connectivity index (χ3v) is 4.73. The van der Waals surface area contributed by atoms with Gasteiger partial charge in [0.2, 0.25) is 0 Å². The number of hydrogen-bond donors (Lipinski definition) is 0. The minimum absolute atomic E-state index is 0.201. The molecule has 1 saturated carbocycles. The van der Waals surface area contributed by atoms with Crippen molar-refractivity contribution in [2.24, 2.45) is 0 Å². The van der Waals surface area contributed by atoms with Gasteiger partial charge in [0.15, 0.2) is 0 Å². The van der Waals surface area contributed by atoms with Gasteiger partial charge in [-0.05, 0) is 56.7 Å². The Morgan fingerprint density at radius 3 is 2.43 bits per heavy atom. The molecule has 0 N–H and O–H groups in total. The summed E-state index contributed by atoms with van der Waals surface area (Å²) in [6.07, 6.45) is 2.43. The molecule has 1 aliphatic carbocycles. The highest BCUT2D eigenvalue weighted by atomic mass is 79.9. The first-order chi connectivity index (χ1) is 9.83. The van der Waals surface area contributed by atoms with E-state index in [0.29, 0.717) is 5.92 Å². The number of halogens is 1. The Morgan fingerprint density at radius 1 is 1.24 bits per heavy atom. The van der Waals surface area contributed by atoms with E-state index in [1.54, 1.807) is 4.90 Å². The van der Waals surface area contributed by atoms with Crippen LogP contribution in [0.5, 0.6) is 0 Å². The highest BCUT2D eigenvalue weighted by molar-refractivity contribution is 9.10. The fourth-order valence-electron chi connectivity index (χ4n) is 2.69. The summed E-state index contributed by atoms with van der Waals surface area (Å²) in [5.41, 5.74) is 2.32. The van der Waals surface area contributed by atoms with Crippen LogP contribution in [0, 0.1) is 0 Å². The molecule has 0 unspecified atom stereocenters. The molecule has 0 atom stereocenters. The van der Waals surface area contributed by atoms with E-state index in [0.717, 1.165) is 19.0 Å². The average Bonchev–Trinajstić information content (AvgIpc) is 3.08. The monoisotopic (exact) mass is 351 g/mol. The van der Waals surface area contributed by atoms with Gasteiger partial charge in [-0.25, -0.2) is 4.79 Å². The van der Waals surface area contributed by atoms with Crippen LogP contribution in [-0.2, 0) is 4.74 Å². The van der Waals surface area contributed by atoms with Gasteiger partial charge in [0.05, 0.1) is 0 Å². The molecule has 1 heterocycles. The zero-order valence-electron chi connectivity index (χ0n) is 12.9. The van der Waals surface area contributed by atoms with Crippen molar-refractivity contribution in [3.05, 3.63) is 33.8 Å². The number of carbonyl (C=O) groups excluding carboxylic acids is 1. The number of benzene rings is 1. The predicted molar refractivity (Wildman–Crippen MR) is 86.7 cm³/mol. The lowest BCUT2D eigenvalue weighted by atomic mass is 9.91. The van der Waals surface area contributed by atoms with Crippen molar-refractivity contribution < 1.29 is 9.53 Å². The first kappa shape index (κ1) is 14.9. The van der Waals surface area contributed by atoms with Gasteiger partial charge in [0.25, 0.3) is 0 Å². The zero-order chi connectivity index (χ0) is 15.2. The number of likely N-dealkylation sites (tertiary alicyclic amines) is 1. The van der Waals surface area contributed by atoms with E-state index in [4.69, 9.17) is 4.74 Å². The van der Waals surface area contributed by atoms with Gasteiger partial charge in [-0.2, -0.15) is 0 Å². The van der Waals surface area contributed by atoms with Gasteiger partial charge in [0, 0.05) is 23.5 Å². The van der Waals surface area contributed by atoms with E-state index in [1.807, 2.05) is 20.8 Å². The van der Waals surface area contributed by atoms with E-state index in [-0.39, 0.29) is 6.09 Å². The summed E-state index contributed by atoms with van der Waals surface area (Å²) in [6.45, 7) is 7.20. The number of ether oxygens (including phenoxy) is 1. The quantitative estimate of drug-likeness (QED) is 0.775. The summed E-state index contributed by atoms with van der Waals surface area (Å²) in [7, 11) is 0. The van der Waals surface area contributed by atoms with Crippen LogP contribution in [0.2, 0.25) is 0 Å². The van der Waals surface area contributed by atoms with Crippen molar-refractivity contribution in [1.82, 2.24) is 4.90 Å². The summed E-state index contributed by atoms with van der Waals surface area (Å²) < 4.78 is 6.61. The fraction of sp³-hybridized carbons (Fsp3) is 0.588. The van der Waals surface area contributed by atoms with Gasteiger partial charge < -0.3 is 9.64 Å². The minimum atomic E-state index is -0.420. The Bertz CT molecular complexity index is 554. The van der Waals surface area contributed by atoms with Crippen molar-refractivity contribution in [1.29, 1.82) is 0 Å². The molecular formula is C17H22BrNO2. The van der Waals surface area contributed by atoms with Crippen LogP contribution in [-0.4, -0.2) is 29.7 Å². The minimum Gasteiger partial charge on any atom is -0.444 e. The molecule has 2 aliphatic rings. The second kappa shape index (κ2) is 5.31. The highest BCUT2D eigenvalue weighted by Crippen LogP contribution is 2.44. The number of rotatable bonds is 2. The van der Waals surface area contributed by atoms with Crippen LogP contribution in [0.4, 0.5) is 4.79 Å². The Morgan fingerprint density at radius 2 is 1.90 bits per heavy atom. The molecule has 0 spiro atoms. The molecule has 1 aromatic carbocycles. The smallest absolute Gasteiger partial charge is 0.410 e. The summed E-state index contributed by atoms with van der Waals surface area (Å²) in [4.78, 5) is 13.7. The summed E-state index contributed by atoms with van der Waals surface area (Å²) in [5, 5.41) is 0. The number of amides is 1. The van der Waals surface area contributed by atoms with Crippen molar-refractivity contribution in [2.75, 3.05) is 13.1 Å². The normalized spacial score (nSPS) is 19.3. The van der Waals surface area contributed by atoms with Crippen molar-refractivity contribution in [3.8, 4) is 0 Å². The molecule has 114 valence electrons. The maximum Gasteiger partial charge on any atom is 0.410 e. The molecule has 4 heteroatoms. The van der Waals surface area contributed by atoms with E-state index < -0.39 is 5.60 Å². The number of nitrogens with zero attached hydrogens (tertiary/aromatic N) is 1. The Hall–Kier alpha value is -1.03.